The van der Waals surface area contributed by atoms with Crippen LogP contribution in [0.2, 0.25) is 0 Å². The Morgan fingerprint density at radius 2 is 1.82 bits per heavy atom. The van der Waals surface area contributed by atoms with Crippen molar-refractivity contribution in [2.45, 2.75) is 19.3 Å². The van der Waals surface area contributed by atoms with Gasteiger partial charge in [-0.1, -0.05) is 18.2 Å². The molecule has 1 aliphatic rings. The van der Waals surface area contributed by atoms with Gasteiger partial charge in [-0.15, -0.1) is 0 Å². The van der Waals surface area contributed by atoms with Crippen molar-refractivity contribution in [1.82, 2.24) is 4.98 Å². The number of hydrogen-bond acceptors (Lipinski definition) is 6. The maximum Gasteiger partial charge on any atom is 0.293 e. The highest BCUT2D eigenvalue weighted by Crippen LogP contribution is 2.32. The Morgan fingerprint density at radius 3 is 2.61 bits per heavy atom. The van der Waals surface area contributed by atoms with Crippen molar-refractivity contribution in [2.75, 3.05) is 23.3 Å². The molecule has 0 saturated carbocycles. The van der Waals surface area contributed by atoms with Gasteiger partial charge in [0.2, 0.25) is 5.89 Å². The summed E-state index contributed by atoms with van der Waals surface area (Å²) in [5.41, 5.74) is 3.44. The SMILES string of the molecule is O=C(Nc1cccc(-c2nc3ccccc3o2)c1)c1ccc(N2CCCCC2)c([N+](=O)[O-])c1. The minimum Gasteiger partial charge on any atom is -0.436 e. The third-order valence-corrected chi connectivity index (χ3v) is 5.79. The van der Waals surface area contributed by atoms with Crippen LogP contribution in [0.15, 0.2) is 71.1 Å². The van der Waals surface area contributed by atoms with Crippen LogP contribution in [0.3, 0.4) is 0 Å². The number of carbonyl (C=O) groups is 1. The highest BCUT2D eigenvalue weighted by atomic mass is 16.6. The van der Waals surface area contributed by atoms with Crippen molar-refractivity contribution in [3.63, 3.8) is 0 Å². The highest BCUT2D eigenvalue weighted by molar-refractivity contribution is 6.05. The maximum atomic E-state index is 12.9. The predicted molar refractivity (Wildman–Crippen MR) is 127 cm³/mol. The van der Waals surface area contributed by atoms with Gasteiger partial charge < -0.3 is 14.6 Å². The number of fused-ring (bicyclic) bond motifs is 1. The number of nitro groups is 1. The van der Waals surface area contributed by atoms with E-state index < -0.39 is 10.8 Å². The second kappa shape index (κ2) is 8.74. The molecule has 8 heteroatoms. The number of piperidine rings is 1. The van der Waals surface area contributed by atoms with Gasteiger partial charge in [-0.05, 0) is 61.7 Å². The fourth-order valence-electron chi connectivity index (χ4n) is 4.14. The Balaban J connectivity index is 1.38. The van der Waals surface area contributed by atoms with Crippen LogP contribution < -0.4 is 10.2 Å². The van der Waals surface area contributed by atoms with Crippen molar-refractivity contribution < 1.29 is 14.1 Å². The first-order valence-corrected chi connectivity index (χ1v) is 10.9. The number of hydrogen-bond donors (Lipinski definition) is 1. The first kappa shape index (κ1) is 20.7. The van der Waals surface area contributed by atoms with E-state index in [-0.39, 0.29) is 11.3 Å². The number of anilines is 2. The molecular formula is C25H22N4O4. The first-order chi connectivity index (χ1) is 16.1. The summed E-state index contributed by atoms with van der Waals surface area (Å²) >= 11 is 0. The van der Waals surface area contributed by atoms with Crippen LogP contribution in [0.4, 0.5) is 17.1 Å². The summed E-state index contributed by atoms with van der Waals surface area (Å²) in [4.78, 5) is 30.7. The molecule has 1 aliphatic heterocycles. The predicted octanol–water partition coefficient (Wildman–Crippen LogP) is 5.65. The standard InChI is InChI=1S/C25H22N4O4/c30-24(17-11-12-21(22(16-17)29(31)32)28-13-4-1-5-14-28)26-19-8-6-7-18(15-19)25-27-20-9-2-3-10-23(20)33-25/h2-3,6-12,15-16H,1,4-5,13-14H2,(H,26,30). The van der Waals surface area contributed by atoms with E-state index in [2.05, 4.69) is 10.3 Å². The molecule has 33 heavy (non-hydrogen) atoms. The number of rotatable bonds is 5. The first-order valence-electron chi connectivity index (χ1n) is 10.9. The summed E-state index contributed by atoms with van der Waals surface area (Å²) in [5, 5.41) is 14.5. The van der Waals surface area contributed by atoms with Gasteiger partial charge in [0.15, 0.2) is 5.58 Å². The fraction of sp³-hybridized carbons (Fsp3) is 0.200. The molecule has 1 saturated heterocycles. The molecule has 8 nitrogen and oxygen atoms in total. The maximum absolute atomic E-state index is 12.9. The largest absolute Gasteiger partial charge is 0.436 e. The number of nitro benzene ring substituents is 1. The summed E-state index contributed by atoms with van der Waals surface area (Å²) < 4.78 is 5.81. The lowest BCUT2D eigenvalue weighted by Crippen LogP contribution is -2.30. The summed E-state index contributed by atoms with van der Waals surface area (Å²) in [5.74, 6) is 0.0341. The molecule has 0 radical (unpaired) electrons. The van der Waals surface area contributed by atoms with Crippen LogP contribution in [-0.2, 0) is 0 Å². The summed E-state index contributed by atoms with van der Waals surface area (Å²) in [7, 11) is 0. The molecule has 0 unspecified atom stereocenters. The van der Waals surface area contributed by atoms with Crippen LogP contribution >= 0.6 is 0 Å². The van der Waals surface area contributed by atoms with Gasteiger partial charge >= 0.3 is 0 Å². The third kappa shape index (κ3) is 4.27. The van der Waals surface area contributed by atoms with Crippen LogP contribution in [0.5, 0.6) is 0 Å². The van der Waals surface area contributed by atoms with Crippen LogP contribution in [0, 0.1) is 10.1 Å². The zero-order chi connectivity index (χ0) is 22.8. The molecule has 0 bridgehead atoms. The molecule has 4 aromatic rings. The topological polar surface area (TPSA) is 102 Å². The third-order valence-electron chi connectivity index (χ3n) is 5.79. The minimum absolute atomic E-state index is 0.0511. The van der Waals surface area contributed by atoms with Crippen molar-refractivity contribution in [3.05, 3.63) is 82.4 Å². The van der Waals surface area contributed by atoms with Gasteiger partial charge in [-0.2, -0.15) is 0 Å². The van der Waals surface area contributed by atoms with E-state index in [1.54, 1.807) is 30.3 Å². The van der Waals surface area contributed by atoms with Crippen LogP contribution in [-0.4, -0.2) is 28.9 Å². The molecule has 1 fully saturated rings. The van der Waals surface area contributed by atoms with Crippen LogP contribution in [0.1, 0.15) is 29.6 Å². The normalized spacial score (nSPS) is 13.8. The molecule has 2 heterocycles. The minimum atomic E-state index is -0.422. The Kier molecular flexibility index (Phi) is 5.48. The van der Waals surface area contributed by atoms with Crippen molar-refractivity contribution in [2.24, 2.45) is 0 Å². The smallest absolute Gasteiger partial charge is 0.293 e. The van der Waals surface area contributed by atoms with E-state index in [1.807, 2.05) is 35.2 Å². The number of benzene rings is 3. The lowest BCUT2D eigenvalue weighted by Gasteiger charge is -2.28. The summed E-state index contributed by atoms with van der Waals surface area (Å²) in [6.07, 6.45) is 3.15. The Morgan fingerprint density at radius 1 is 1.00 bits per heavy atom. The second-order valence-corrected chi connectivity index (χ2v) is 8.03. The van der Waals surface area contributed by atoms with Crippen molar-refractivity contribution >= 4 is 34.1 Å². The van der Waals surface area contributed by atoms with Crippen molar-refractivity contribution in [3.8, 4) is 11.5 Å². The van der Waals surface area contributed by atoms with E-state index in [0.717, 1.165) is 43.4 Å². The monoisotopic (exact) mass is 442 g/mol. The Bertz CT molecular complexity index is 1310. The van der Waals surface area contributed by atoms with E-state index in [1.165, 1.54) is 6.07 Å². The number of nitrogens with zero attached hydrogens (tertiary/aromatic N) is 3. The summed E-state index contributed by atoms with van der Waals surface area (Å²) in [6.45, 7) is 1.57. The number of para-hydroxylation sites is 2. The Labute approximate surface area is 190 Å². The van der Waals surface area contributed by atoms with Gasteiger partial charge in [0.25, 0.3) is 11.6 Å². The number of nitrogens with one attached hydrogen (secondary N) is 1. The van der Waals surface area contributed by atoms with Crippen molar-refractivity contribution in [1.29, 1.82) is 0 Å². The molecule has 1 aromatic heterocycles. The van der Waals surface area contributed by atoms with Gasteiger partial charge in [-0.25, -0.2) is 4.98 Å². The summed E-state index contributed by atoms with van der Waals surface area (Å²) in [6, 6.07) is 19.3. The fourth-order valence-corrected chi connectivity index (χ4v) is 4.14. The Hall–Kier alpha value is -4.20. The highest BCUT2D eigenvalue weighted by Gasteiger charge is 2.23. The van der Waals surface area contributed by atoms with E-state index in [4.69, 9.17) is 4.42 Å². The molecule has 0 aliphatic carbocycles. The zero-order valence-electron chi connectivity index (χ0n) is 17.9. The molecule has 1 amide bonds. The molecule has 5 rings (SSSR count). The van der Waals surface area contributed by atoms with E-state index in [0.29, 0.717) is 22.8 Å². The van der Waals surface area contributed by atoms with Gasteiger partial charge in [0.1, 0.15) is 11.2 Å². The molecule has 0 atom stereocenters. The number of carbonyl (C=O) groups excluding carboxylic acids is 1. The van der Waals surface area contributed by atoms with Gasteiger partial charge in [-0.3, -0.25) is 14.9 Å². The molecule has 3 aromatic carbocycles. The van der Waals surface area contributed by atoms with E-state index in [9.17, 15) is 14.9 Å². The number of amides is 1. The number of oxazole rings is 1. The molecule has 1 N–H and O–H groups in total. The molecule has 0 spiro atoms. The average Bonchev–Trinajstić information content (AvgIpc) is 3.29. The van der Waals surface area contributed by atoms with Gasteiger partial charge in [0.05, 0.1) is 4.92 Å². The van der Waals surface area contributed by atoms with Crippen LogP contribution in [0.25, 0.3) is 22.6 Å². The lowest BCUT2D eigenvalue weighted by atomic mass is 10.1. The average molecular weight is 442 g/mol. The lowest BCUT2D eigenvalue weighted by molar-refractivity contribution is -0.384. The second-order valence-electron chi connectivity index (χ2n) is 8.03. The molecular weight excluding hydrogens is 420 g/mol. The molecule has 166 valence electrons. The quantitative estimate of drug-likeness (QED) is 0.317. The van der Waals surface area contributed by atoms with Gasteiger partial charge in [0, 0.05) is 36.0 Å². The van der Waals surface area contributed by atoms with E-state index >= 15 is 0 Å². The number of aromatic nitrogens is 1. The zero-order valence-corrected chi connectivity index (χ0v) is 17.9.